The first-order chi connectivity index (χ1) is 9.17. The highest BCUT2D eigenvalue weighted by Gasteiger charge is 2.11. The van der Waals surface area contributed by atoms with Crippen molar-refractivity contribution >= 4 is 23.0 Å². The van der Waals surface area contributed by atoms with Crippen molar-refractivity contribution in [2.45, 2.75) is 26.2 Å². The Kier molecular flexibility index (Phi) is 7.36. The minimum atomic E-state index is 0.0260. The molecule has 0 aromatic carbocycles. The Morgan fingerprint density at radius 2 is 2.16 bits per heavy atom. The van der Waals surface area contributed by atoms with Gasteiger partial charge in [0.1, 0.15) is 0 Å². The van der Waals surface area contributed by atoms with Gasteiger partial charge in [0.15, 0.2) is 5.78 Å². The second-order valence-electron chi connectivity index (χ2n) is 4.45. The third-order valence-corrected chi connectivity index (χ3v) is 3.77. The van der Waals surface area contributed by atoms with Crippen LogP contribution in [-0.4, -0.2) is 43.3 Å². The van der Waals surface area contributed by atoms with Crippen LogP contribution in [0.2, 0.25) is 0 Å². The largest absolute Gasteiger partial charge is 0.358 e. The van der Waals surface area contributed by atoms with Gasteiger partial charge in [0.05, 0.1) is 11.4 Å². The highest BCUT2D eigenvalue weighted by Crippen LogP contribution is 2.12. The number of carbonyl (C=O) groups is 2. The van der Waals surface area contributed by atoms with Gasteiger partial charge >= 0.3 is 0 Å². The van der Waals surface area contributed by atoms with E-state index in [-0.39, 0.29) is 11.7 Å². The van der Waals surface area contributed by atoms with Crippen LogP contribution in [0.4, 0.5) is 0 Å². The molecule has 0 saturated heterocycles. The molecule has 0 spiro atoms. The molecule has 1 heterocycles. The van der Waals surface area contributed by atoms with Crippen LogP contribution in [0.15, 0.2) is 17.5 Å². The van der Waals surface area contributed by atoms with Crippen molar-refractivity contribution in [3.63, 3.8) is 0 Å². The summed E-state index contributed by atoms with van der Waals surface area (Å²) in [6.07, 6.45) is 2.36. The van der Waals surface area contributed by atoms with Gasteiger partial charge in [-0.3, -0.25) is 14.5 Å². The Bertz CT molecular complexity index is 390. The van der Waals surface area contributed by atoms with E-state index in [1.807, 2.05) is 17.5 Å². The number of nitrogens with one attached hydrogen (secondary N) is 1. The molecule has 0 radical (unpaired) electrons. The number of hydrogen-bond donors (Lipinski definition) is 1. The Labute approximate surface area is 118 Å². The summed E-state index contributed by atoms with van der Waals surface area (Å²) in [5.74, 6) is 0.226. The van der Waals surface area contributed by atoms with E-state index in [1.165, 1.54) is 11.3 Å². The molecule has 1 aromatic heterocycles. The molecule has 1 aromatic rings. The van der Waals surface area contributed by atoms with Gasteiger partial charge in [0.25, 0.3) is 0 Å². The Morgan fingerprint density at radius 1 is 1.37 bits per heavy atom. The number of nitrogens with zero attached hydrogens (tertiary/aromatic N) is 1. The zero-order chi connectivity index (χ0) is 14.1. The number of Topliss-reactive ketones (excluding diaryl/α,β-unsaturated/α-hetero) is 1. The minimum absolute atomic E-state index is 0.0260. The number of likely N-dealkylation sites (N-methyl/N-ethyl adjacent to an activating group) is 1. The lowest BCUT2D eigenvalue weighted by atomic mass is 10.2. The van der Waals surface area contributed by atoms with E-state index in [9.17, 15) is 9.59 Å². The second kappa shape index (κ2) is 8.82. The fourth-order valence-electron chi connectivity index (χ4n) is 1.89. The quantitative estimate of drug-likeness (QED) is 0.706. The second-order valence-corrected chi connectivity index (χ2v) is 5.40. The van der Waals surface area contributed by atoms with Gasteiger partial charge in [-0.15, -0.1) is 11.3 Å². The molecule has 0 aliphatic rings. The lowest BCUT2D eigenvalue weighted by molar-refractivity contribution is -0.121. The molecule has 1 rings (SSSR count). The molecular formula is C14H22N2O2S. The van der Waals surface area contributed by atoms with E-state index >= 15 is 0 Å². The number of rotatable bonds is 9. The van der Waals surface area contributed by atoms with Crippen LogP contribution in [-0.2, 0) is 4.79 Å². The topological polar surface area (TPSA) is 49.4 Å². The first kappa shape index (κ1) is 15.9. The van der Waals surface area contributed by atoms with Crippen LogP contribution in [0.1, 0.15) is 35.9 Å². The molecule has 19 heavy (non-hydrogen) atoms. The van der Waals surface area contributed by atoms with E-state index in [2.05, 4.69) is 17.1 Å². The van der Waals surface area contributed by atoms with Gasteiger partial charge in [-0.1, -0.05) is 13.0 Å². The summed E-state index contributed by atoms with van der Waals surface area (Å²) in [7, 11) is 1.65. The van der Waals surface area contributed by atoms with Gasteiger partial charge in [-0.05, 0) is 37.4 Å². The smallest absolute Gasteiger partial charge is 0.233 e. The average molecular weight is 282 g/mol. The summed E-state index contributed by atoms with van der Waals surface area (Å²) in [6, 6.07) is 3.76. The van der Waals surface area contributed by atoms with Gasteiger partial charge < -0.3 is 5.32 Å². The van der Waals surface area contributed by atoms with Crippen molar-refractivity contribution in [1.82, 2.24) is 10.2 Å². The molecule has 0 aliphatic carbocycles. The molecule has 0 bridgehead atoms. The molecule has 0 unspecified atom stereocenters. The molecule has 4 nitrogen and oxygen atoms in total. The van der Waals surface area contributed by atoms with Crippen LogP contribution < -0.4 is 5.32 Å². The monoisotopic (exact) mass is 282 g/mol. The molecule has 106 valence electrons. The molecule has 0 saturated carbocycles. The van der Waals surface area contributed by atoms with Crippen LogP contribution >= 0.6 is 11.3 Å². The Morgan fingerprint density at radius 3 is 2.74 bits per heavy atom. The van der Waals surface area contributed by atoms with Crippen LogP contribution in [0.5, 0.6) is 0 Å². The van der Waals surface area contributed by atoms with E-state index < -0.39 is 0 Å². The third-order valence-electron chi connectivity index (χ3n) is 2.86. The number of carbonyl (C=O) groups excluding carboxylic acids is 2. The Balaban J connectivity index is 2.31. The molecule has 1 N–H and O–H groups in total. The predicted molar refractivity (Wildman–Crippen MR) is 78.7 cm³/mol. The van der Waals surface area contributed by atoms with Gasteiger partial charge in [-0.2, -0.15) is 0 Å². The lowest BCUT2D eigenvalue weighted by Gasteiger charge is -2.20. The average Bonchev–Trinajstić information content (AvgIpc) is 2.92. The summed E-state index contributed by atoms with van der Waals surface area (Å²) < 4.78 is 0. The van der Waals surface area contributed by atoms with Crippen molar-refractivity contribution in [3.05, 3.63) is 22.4 Å². The highest BCUT2D eigenvalue weighted by atomic mass is 32.1. The predicted octanol–water partition coefficient (Wildman–Crippen LogP) is 2.17. The van der Waals surface area contributed by atoms with Crippen LogP contribution in [0.3, 0.4) is 0 Å². The van der Waals surface area contributed by atoms with E-state index in [4.69, 9.17) is 0 Å². The molecule has 0 fully saturated rings. The normalized spacial score (nSPS) is 10.7. The van der Waals surface area contributed by atoms with E-state index in [0.29, 0.717) is 13.0 Å². The molecular weight excluding hydrogens is 260 g/mol. The lowest BCUT2D eigenvalue weighted by Crippen LogP contribution is -2.36. The number of thiophene rings is 1. The number of hydrogen-bond acceptors (Lipinski definition) is 4. The van der Waals surface area contributed by atoms with Crippen molar-refractivity contribution in [2.75, 3.05) is 26.7 Å². The van der Waals surface area contributed by atoms with Crippen molar-refractivity contribution in [2.24, 2.45) is 0 Å². The summed E-state index contributed by atoms with van der Waals surface area (Å²) in [5.41, 5.74) is 0. The SMILES string of the molecule is CCCN(CCCC(=O)c1cccs1)CC(=O)NC. The van der Waals surface area contributed by atoms with Gasteiger partial charge in [0.2, 0.25) is 5.91 Å². The first-order valence-corrected chi connectivity index (χ1v) is 7.55. The van der Waals surface area contributed by atoms with E-state index in [0.717, 1.165) is 30.8 Å². The zero-order valence-corrected chi connectivity index (χ0v) is 12.5. The van der Waals surface area contributed by atoms with Crippen LogP contribution in [0, 0.1) is 0 Å². The van der Waals surface area contributed by atoms with Gasteiger partial charge in [0, 0.05) is 13.5 Å². The number of amides is 1. The molecule has 1 amide bonds. The van der Waals surface area contributed by atoms with Crippen molar-refractivity contribution < 1.29 is 9.59 Å². The standard InChI is InChI=1S/C14H22N2O2S/c1-3-8-16(11-14(18)15-2)9-4-6-12(17)13-7-5-10-19-13/h5,7,10H,3-4,6,8-9,11H2,1-2H3,(H,15,18). The van der Waals surface area contributed by atoms with Crippen molar-refractivity contribution in [3.8, 4) is 0 Å². The summed E-state index contributed by atoms with van der Waals surface area (Å²) in [6.45, 7) is 4.18. The van der Waals surface area contributed by atoms with Crippen LogP contribution in [0.25, 0.3) is 0 Å². The minimum Gasteiger partial charge on any atom is -0.358 e. The first-order valence-electron chi connectivity index (χ1n) is 6.67. The Hall–Kier alpha value is -1.20. The fourth-order valence-corrected chi connectivity index (χ4v) is 2.59. The van der Waals surface area contributed by atoms with Gasteiger partial charge in [-0.25, -0.2) is 0 Å². The van der Waals surface area contributed by atoms with E-state index in [1.54, 1.807) is 7.05 Å². The maximum atomic E-state index is 11.8. The summed E-state index contributed by atoms with van der Waals surface area (Å²) >= 11 is 1.49. The third kappa shape index (κ3) is 5.98. The highest BCUT2D eigenvalue weighted by molar-refractivity contribution is 7.12. The maximum Gasteiger partial charge on any atom is 0.233 e. The molecule has 5 heteroatoms. The maximum absolute atomic E-state index is 11.8. The fraction of sp³-hybridized carbons (Fsp3) is 0.571. The summed E-state index contributed by atoms with van der Waals surface area (Å²) in [5, 5.41) is 4.55. The summed E-state index contributed by atoms with van der Waals surface area (Å²) in [4.78, 5) is 26.1. The zero-order valence-electron chi connectivity index (χ0n) is 11.6. The number of ketones is 1. The van der Waals surface area contributed by atoms with Crippen molar-refractivity contribution in [1.29, 1.82) is 0 Å². The molecule has 0 atom stereocenters. The molecule has 0 aliphatic heterocycles.